The summed E-state index contributed by atoms with van der Waals surface area (Å²) in [5.41, 5.74) is 2.93. The van der Waals surface area contributed by atoms with E-state index in [-0.39, 0.29) is 0 Å². The first-order valence-electron chi connectivity index (χ1n) is 4.58. The van der Waals surface area contributed by atoms with Gasteiger partial charge in [0.1, 0.15) is 12.0 Å². The van der Waals surface area contributed by atoms with Gasteiger partial charge in [0, 0.05) is 11.1 Å². The normalized spacial score (nSPS) is 10.7. The van der Waals surface area contributed by atoms with Gasteiger partial charge in [0.15, 0.2) is 0 Å². The molecular weight excluding hydrogens is 192 g/mol. The highest BCUT2D eigenvalue weighted by Gasteiger charge is 2.12. The second-order valence-electron chi connectivity index (χ2n) is 3.19. The fourth-order valence-corrected chi connectivity index (χ4v) is 1.57. The summed E-state index contributed by atoms with van der Waals surface area (Å²) in [6.07, 6.45) is 8.26. The average Bonchev–Trinajstić information content (AvgIpc) is 3.01. The Morgan fingerprint density at radius 3 is 2.13 bits per heavy atom. The topological polar surface area (TPSA) is 39.4 Å². The van der Waals surface area contributed by atoms with E-state index in [1.165, 1.54) is 0 Å². The second-order valence-corrected chi connectivity index (χ2v) is 3.19. The summed E-state index contributed by atoms with van der Waals surface area (Å²) in [6, 6.07) is 5.67. The van der Waals surface area contributed by atoms with Crippen LogP contribution < -0.4 is 0 Å². The maximum absolute atomic E-state index is 5.43. The van der Waals surface area contributed by atoms with Gasteiger partial charge in [0.2, 0.25) is 0 Å². The zero-order chi connectivity index (χ0) is 10.1. The first kappa shape index (κ1) is 8.17. The molecule has 0 aliphatic rings. The van der Waals surface area contributed by atoms with Crippen LogP contribution in [0.3, 0.4) is 0 Å². The minimum atomic E-state index is 0.796. The Morgan fingerprint density at radius 1 is 0.733 bits per heavy atom. The molecule has 0 bridgehead atoms. The van der Waals surface area contributed by atoms with Crippen molar-refractivity contribution in [3.63, 3.8) is 0 Å². The van der Waals surface area contributed by atoms with Crippen LogP contribution in [0.1, 0.15) is 0 Å². The van der Waals surface area contributed by atoms with Crippen LogP contribution in [0.2, 0.25) is 0 Å². The van der Waals surface area contributed by atoms with Gasteiger partial charge in [-0.1, -0.05) is 0 Å². The molecule has 3 heterocycles. The molecule has 0 radical (unpaired) electrons. The van der Waals surface area contributed by atoms with Crippen LogP contribution in [0.25, 0.3) is 22.5 Å². The fourth-order valence-electron chi connectivity index (χ4n) is 1.57. The molecule has 74 valence electrons. The zero-order valence-electron chi connectivity index (χ0n) is 7.84. The second kappa shape index (κ2) is 3.20. The summed E-state index contributed by atoms with van der Waals surface area (Å²) in [5, 5.41) is 0. The van der Waals surface area contributed by atoms with Crippen LogP contribution in [-0.2, 0) is 0 Å². The van der Waals surface area contributed by atoms with Gasteiger partial charge in [-0.05, 0) is 18.2 Å². The van der Waals surface area contributed by atoms with Crippen molar-refractivity contribution in [3.8, 4) is 22.5 Å². The van der Waals surface area contributed by atoms with Gasteiger partial charge in [-0.3, -0.25) is 0 Å². The minimum Gasteiger partial charge on any atom is -0.472 e. The average molecular weight is 200 g/mol. The van der Waals surface area contributed by atoms with Gasteiger partial charge in [-0.25, -0.2) is 0 Å². The molecule has 0 fully saturated rings. The summed E-state index contributed by atoms with van der Waals surface area (Å²) in [4.78, 5) is 0. The van der Waals surface area contributed by atoms with E-state index in [1.54, 1.807) is 31.3 Å². The summed E-state index contributed by atoms with van der Waals surface area (Å²) >= 11 is 0. The lowest BCUT2D eigenvalue weighted by atomic mass is 10.1. The third-order valence-electron chi connectivity index (χ3n) is 2.28. The lowest BCUT2D eigenvalue weighted by molar-refractivity contribution is 0.560. The van der Waals surface area contributed by atoms with Gasteiger partial charge in [0.05, 0.1) is 30.6 Å². The smallest absolute Gasteiger partial charge is 0.145 e. The van der Waals surface area contributed by atoms with E-state index in [0.29, 0.717) is 0 Å². The van der Waals surface area contributed by atoms with E-state index in [0.717, 1.165) is 22.5 Å². The van der Waals surface area contributed by atoms with Crippen LogP contribution >= 0.6 is 0 Å². The molecule has 0 atom stereocenters. The molecule has 0 aromatic carbocycles. The Bertz CT molecular complexity index is 480. The lowest BCUT2D eigenvalue weighted by Gasteiger charge is -1.95. The van der Waals surface area contributed by atoms with Crippen molar-refractivity contribution in [1.82, 2.24) is 0 Å². The molecule has 3 aromatic heterocycles. The highest BCUT2D eigenvalue weighted by atomic mass is 16.3. The summed E-state index contributed by atoms with van der Waals surface area (Å²) < 4.78 is 15.5. The van der Waals surface area contributed by atoms with Crippen molar-refractivity contribution in [2.24, 2.45) is 0 Å². The molecule has 0 spiro atoms. The number of furan rings is 3. The van der Waals surface area contributed by atoms with Gasteiger partial charge in [-0.15, -0.1) is 0 Å². The quantitative estimate of drug-likeness (QED) is 0.631. The van der Waals surface area contributed by atoms with Crippen molar-refractivity contribution in [2.45, 2.75) is 0 Å². The van der Waals surface area contributed by atoms with E-state index < -0.39 is 0 Å². The van der Waals surface area contributed by atoms with Crippen molar-refractivity contribution in [1.29, 1.82) is 0 Å². The monoisotopic (exact) mass is 200 g/mol. The van der Waals surface area contributed by atoms with Gasteiger partial charge in [-0.2, -0.15) is 0 Å². The maximum Gasteiger partial charge on any atom is 0.145 e. The summed E-state index contributed by atoms with van der Waals surface area (Å²) in [7, 11) is 0. The molecular formula is C12H8O3. The van der Waals surface area contributed by atoms with E-state index >= 15 is 0 Å². The van der Waals surface area contributed by atoms with E-state index in [9.17, 15) is 0 Å². The summed E-state index contributed by atoms with van der Waals surface area (Å²) in [5.74, 6) is 0.796. The Morgan fingerprint density at radius 2 is 1.47 bits per heavy atom. The Labute approximate surface area is 85.9 Å². The molecule has 3 aromatic rings. The lowest BCUT2D eigenvalue weighted by Crippen LogP contribution is -1.73. The van der Waals surface area contributed by atoms with Crippen molar-refractivity contribution < 1.29 is 13.3 Å². The van der Waals surface area contributed by atoms with Crippen LogP contribution in [0.15, 0.2) is 62.8 Å². The molecule has 3 heteroatoms. The van der Waals surface area contributed by atoms with Gasteiger partial charge >= 0.3 is 0 Å². The fraction of sp³-hybridized carbons (Fsp3) is 0. The number of rotatable bonds is 2. The van der Waals surface area contributed by atoms with Gasteiger partial charge in [0.25, 0.3) is 0 Å². The van der Waals surface area contributed by atoms with Crippen LogP contribution in [0.5, 0.6) is 0 Å². The molecule has 0 amide bonds. The SMILES string of the molecule is c1cc(-c2ccoc2-c2ccoc2)co1. The molecule has 15 heavy (non-hydrogen) atoms. The van der Waals surface area contributed by atoms with E-state index in [2.05, 4.69) is 0 Å². The molecule has 0 N–H and O–H groups in total. The van der Waals surface area contributed by atoms with Crippen molar-refractivity contribution in [2.75, 3.05) is 0 Å². The number of hydrogen-bond acceptors (Lipinski definition) is 3. The predicted octanol–water partition coefficient (Wildman–Crippen LogP) is 3.80. The largest absolute Gasteiger partial charge is 0.472 e. The van der Waals surface area contributed by atoms with Gasteiger partial charge < -0.3 is 13.3 Å². The Balaban J connectivity index is 2.15. The van der Waals surface area contributed by atoms with E-state index in [4.69, 9.17) is 13.3 Å². The minimum absolute atomic E-state index is 0.796. The third kappa shape index (κ3) is 1.29. The molecule has 3 rings (SSSR count). The first-order chi connectivity index (χ1) is 7.45. The first-order valence-corrected chi connectivity index (χ1v) is 4.58. The Kier molecular flexibility index (Phi) is 1.75. The highest BCUT2D eigenvalue weighted by Crippen LogP contribution is 2.33. The predicted molar refractivity (Wildman–Crippen MR) is 54.1 cm³/mol. The zero-order valence-corrected chi connectivity index (χ0v) is 7.84. The van der Waals surface area contributed by atoms with Crippen molar-refractivity contribution in [3.05, 3.63) is 49.5 Å². The Hall–Kier alpha value is -2.16. The van der Waals surface area contributed by atoms with E-state index in [1.807, 2.05) is 18.2 Å². The highest BCUT2D eigenvalue weighted by molar-refractivity contribution is 5.78. The molecule has 0 aliphatic heterocycles. The van der Waals surface area contributed by atoms with Crippen molar-refractivity contribution >= 4 is 0 Å². The van der Waals surface area contributed by atoms with Crippen LogP contribution in [-0.4, -0.2) is 0 Å². The third-order valence-corrected chi connectivity index (χ3v) is 2.28. The molecule has 3 nitrogen and oxygen atoms in total. The molecule has 0 aliphatic carbocycles. The summed E-state index contributed by atoms with van der Waals surface area (Å²) in [6.45, 7) is 0. The molecule has 0 saturated carbocycles. The molecule has 0 unspecified atom stereocenters. The molecule has 0 saturated heterocycles. The van der Waals surface area contributed by atoms with Crippen LogP contribution in [0.4, 0.5) is 0 Å². The van der Waals surface area contributed by atoms with Crippen LogP contribution in [0, 0.1) is 0 Å². The number of hydrogen-bond donors (Lipinski definition) is 0. The standard InChI is InChI=1S/C12H8O3/c1-4-13-7-9(1)11-3-6-15-12(11)10-2-5-14-8-10/h1-8H. The maximum atomic E-state index is 5.43.